The second-order valence-electron chi connectivity index (χ2n) is 4.77. The lowest BCUT2D eigenvalue weighted by Gasteiger charge is -2.07. The van der Waals surface area contributed by atoms with Gasteiger partial charge in [0.2, 0.25) is 0 Å². The molecule has 0 nitrogen and oxygen atoms in total. The lowest BCUT2D eigenvalue weighted by atomic mass is 9.98. The SMILES string of the molecule is C=Cc1cc(C=C)cc(Cc2cccc(CC)c2)c1. The van der Waals surface area contributed by atoms with Gasteiger partial charge in [0.1, 0.15) is 0 Å². The first-order valence-electron chi connectivity index (χ1n) is 6.72. The van der Waals surface area contributed by atoms with Gasteiger partial charge in [0.25, 0.3) is 0 Å². The second kappa shape index (κ2) is 6.19. The maximum Gasteiger partial charge on any atom is -0.00252 e. The molecule has 0 N–H and O–H groups in total. The Morgan fingerprint density at radius 2 is 1.47 bits per heavy atom. The van der Waals surface area contributed by atoms with Crippen molar-refractivity contribution in [1.29, 1.82) is 0 Å². The van der Waals surface area contributed by atoms with Crippen molar-refractivity contribution in [2.45, 2.75) is 19.8 Å². The molecule has 0 unspecified atom stereocenters. The van der Waals surface area contributed by atoms with Gasteiger partial charge in [0.15, 0.2) is 0 Å². The Morgan fingerprint density at radius 1 is 0.842 bits per heavy atom. The van der Waals surface area contributed by atoms with Crippen LogP contribution < -0.4 is 0 Å². The van der Waals surface area contributed by atoms with Gasteiger partial charge in [-0.1, -0.05) is 68.6 Å². The van der Waals surface area contributed by atoms with Crippen LogP contribution in [-0.2, 0) is 12.8 Å². The van der Waals surface area contributed by atoms with Gasteiger partial charge in [-0.05, 0) is 46.7 Å². The molecule has 0 bridgehead atoms. The van der Waals surface area contributed by atoms with Crippen LogP contribution in [0.5, 0.6) is 0 Å². The van der Waals surface area contributed by atoms with Gasteiger partial charge in [-0.3, -0.25) is 0 Å². The van der Waals surface area contributed by atoms with Crippen LogP contribution >= 0.6 is 0 Å². The Labute approximate surface area is 116 Å². The Morgan fingerprint density at radius 3 is 2.05 bits per heavy atom. The van der Waals surface area contributed by atoms with E-state index < -0.39 is 0 Å². The summed E-state index contributed by atoms with van der Waals surface area (Å²) in [6.07, 6.45) is 5.81. The summed E-state index contributed by atoms with van der Waals surface area (Å²) in [5, 5.41) is 0. The fourth-order valence-corrected chi connectivity index (χ4v) is 2.28. The zero-order chi connectivity index (χ0) is 13.7. The predicted octanol–water partition coefficient (Wildman–Crippen LogP) is 5.13. The summed E-state index contributed by atoms with van der Waals surface area (Å²) < 4.78 is 0. The van der Waals surface area contributed by atoms with Crippen molar-refractivity contribution >= 4 is 12.2 Å². The van der Waals surface area contributed by atoms with E-state index >= 15 is 0 Å². The topological polar surface area (TPSA) is 0 Å². The fraction of sp³-hybridized carbons (Fsp3) is 0.158. The average molecular weight is 248 g/mol. The first-order valence-corrected chi connectivity index (χ1v) is 6.72. The molecule has 2 rings (SSSR count). The first kappa shape index (κ1) is 13.4. The van der Waals surface area contributed by atoms with E-state index in [-0.39, 0.29) is 0 Å². The first-order chi connectivity index (χ1) is 9.25. The van der Waals surface area contributed by atoms with Gasteiger partial charge in [-0.25, -0.2) is 0 Å². The van der Waals surface area contributed by atoms with Crippen molar-refractivity contribution in [2.24, 2.45) is 0 Å². The van der Waals surface area contributed by atoms with Gasteiger partial charge in [0, 0.05) is 0 Å². The monoisotopic (exact) mass is 248 g/mol. The van der Waals surface area contributed by atoms with E-state index in [1.165, 1.54) is 16.7 Å². The minimum absolute atomic E-state index is 0.955. The van der Waals surface area contributed by atoms with Gasteiger partial charge >= 0.3 is 0 Å². The summed E-state index contributed by atoms with van der Waals surface area (Å²) >= 11 is 0. The number of rotatable bonds is 5. The minimum Gasteiger partial charge on any atom is -0.0985 e. The predicted molar refractivity (Wildman–Crippen MR) is 85.3 cm³/mol. The van der Waals surface area contributed by atoms with Crippen LogP contribution in [0.3, 0.4) is 0 Å². The highest BCUT2D eigenvalue weighted by Crippen LogP contribution is 2.17. The van der Waals surface area contributed by atoms with Crippen molar-refractivity contribution in [3.63, 3.8) is 0 Å². The molecule has 0 fully saturated rings. The largest absolute Gasteiger partial charge is 0.0985 e. The molecular weight excluding hydrogens is 228 g/mol. The Bertz CT molecular complexity index is 564. The van der Waals surface area contributed by atoms with Crippen molar-refractivity contribution in [3.8, 4) is 0 Å². The Kier molecular flexibility index (Phi) is 4.35. The molecule has 0 amide bonds. The van der Waals surface area contributed by atoms with Crippen LogP contribution in [-0.4, -0.2) is 0 Å². The number of hydrogen-bond acceptors (Lipinski definition) is 0. The third kappa shape index (κ3) is 3.45. The average Bonchev–Trinajstić information content (AvgIpc) is 2.47. The van der Waals surface area contributed by atoms with Crippen LogP contribution in [0.4, 0.5) is 0 Å². The quantitative estimate of drug-likeness (QED) is 0.688. The smallest absolute Gasteiger partial charge is 0.00252 e. The summed E-state index contributed by atoms with van der Waals surface area (Å²) in [7, 11) is 0. The van der Waals surface area contributed by atoms with E-state index in [0.29, 0.717) is 0 Å². The molecule has 96 valence electrons. The van der Waals surface area contributed by atoms with E-state index in [1.807, 2.05) is 12.2 Å². The molecule has 2 aromatic carbocycles. The summed E-state index contributed by atoms with van der Waals surface area (Å²) in [5.41, 5.74) is 6.36. The molecule has 0 aliphatic rings. The molecule has 0 aromatic heterocycles. The lowest BCUT2D eigenvalue weighted by molar-refractivity contribution is 1.11. The van der Waals surface area contributed by atoms with Crippen molar-refractivity contribution in [3.05, 3.63) is 83.4 Å². The van der Waals surface area contributed by atoms with Gasteiger partial charge in [-0.2, -0.15) is 0 Å². The van der Waals surface area contributed by atoms with Crippen LogP contribution in [0.15, 0.2) is 55.6 Å². The van der Waals surface area contributed by atoms with Crippen LogP contribution in [0.2, 0.25) is 0 Å². The van der Waals surface area contributed by atoms with Gasteiger partial charge in [-0.15, -0.1) is 0 Å². The van der Waals surface area contributed by atoms with Crippen molar-refractivity contribution in [2.75, 3.05) is 0 Å². The maximum atomic E-state index is 3.85. The zero-order valence-electron chi connectivity index (χ0n) is 11.5. The second-order valence-corrected chi connectivity index (χ2v) is 4.77. The molecule has 0 aliphatic carbocycles. The Hall–Kier alpha value is -2.08. The molecule has 2 aromatic rings. The molecule has 0 spiro atoms. The van der Waals surface area contributed by atoms with E-state index in [4.69, 9.17) is 0 Å². The van der Waals surface area contributed by atoms with Crippen LogP contribution in [0.25, 0.3) is 12.2 Å². The summed E-state index contributed by atoms with van der Waals surface area (Å²) in [4.78, 5) is 0. The maximum absolute atomic E-state index is 3.85. The van der Waals surface area contributed by atoms with E-state index in [1.54, 1.807) is 0 Å². The van der Waals surface area contributed by atoms with E-state index in [0.717, 1.165) is 24.0 Å². The van der Waals surface area contributed by atoms with Gasteiger partial charge < -0.3 is 0 Å². The highest BCUT2D eigenvalue weighted by Gasteiger charge is 2.00. The number of benzene rings is 2. The van der Waals surface area contributed by atoms with Crippen molar-refractivity contribution in [1.82, 2.24) is 0 Å². The summed E-state index contributed by atoms with van der Waals surface area (Å²) in [5.74, 6) is 0. The highest BCUT2D eigenvalue weighted by atomic mass is 14.1. The normalized spacial score (nSPS) is 10.2. The van der Waals surface area contributed by atoms with Gasteiger partial charge in [0.05, 0.1) is 0 Å². The van der Waals surface area contributed by atoms with E-state index in [2.05, 4.69) is 62.5 Å². The van der Waals surface area contributed by atoms with Crippen LogP contribution in [0, 0.1) is 0 Å². The summed E-state index contributed by atoms with van der Waals surface area (Å²) in [6.45, 7) is 9.88. The molecule has 0 radical (unpaired) electrons. The molecule has 19 heavy (non-hydrogen) atoms. The molecule has 0 heterocycles. The van der Waals surface area contributed by atoms with Crippen LogP contribution in [0.1, 0.15) is 34.7 Å². The Balaban J connectivity index is 2.31. The molecule has 0 aliphatic heterocycles. The molecule has 0 heteroatoms. The molecule has 0 saturated carbocycles. The fourth-order valence-electron chi connectivity index (χ4n) is 2.28. The third-order valence-electron chi connectivity index (χ3n) is 3.32. The summed E-state index contributed by atoms with van der Waals surface area (Å²) in [6, 6.07) is 15.3. The van der Waals surface area contributed by atoms with E-state index in [9.17, 15) is 0 Å². The number of hydrogen-bond donors (Lipinski definition) is 0. The lowest BCUT2D eigenvalue weighted by Crippen LogP contribution is -1.92. The zero-order valence-corrected chi connectivity index (χ0v) is 11.5. The molecular formula is C19H20. The standard InChI is InChI=1S/C19H20/c1-4-15-8-7-9-18(10-15)14-19-12-16(5-2)11-17(6-3)13-19/h5-13H,2-4,14H2,1H3. The van der Waals surface area contributed by atoms with Crippen molar-refractivity contribution < 1.29 is 0 Å². The highest BCUT2D eigenvalue weighted by molar-refractivity contribution is 5.58. The minimum atomic E-state index is 0.955. The number of aryl methyl sites for hydroxylation is 1. The molecule has 0 saturated heterocycles. The third-order valence-corrected chi connectivity index (χ3v) is 3.32. The molecule has 0 atom stereocenters.